The Morgan fingerprint density at radius 1 is 0.861 bits per heavy atom. The Kier molecular flexibility index (Phi) is 13.8. The van der Waals surface area contributed by atoms with E-state index in [2.05, 4.69) is 25.0 Å². The van der Waals surface area contributed by atoms with E-state index in [4.69, 9.17) is 22.9 Å². The minimum atomic E-state index is -1.24. The third kappa shape index (κ3) is 12.5. The van der Waals surface area contributed by atoms with Crippen molar-refractivity contribution in [1.82, 2.24) is 10.6 Å². The molecule has 0 fully saturated rings. The van der Waals surface area contributed by atoms with Crippen LogP contribution in [-0.4, -0.2) is 70.2 Å². The molecule has 1 aromatic rings. The molecule has 1 aromatic carbocycles. The van der Waals surface area contributed by atoms with E-state index in [1.54, 1.807) is 30.3 Å². The standard InChI is InChI=1S/C21H33N9O5S/c22-20(23)26-10-4-8-14(30-36-35)17(31)29-16(12-13-6-2-1-3-7-13)18(32)28-15(19(33)34)9-5-11-27-21(24)25/h1-3,6-7,14-16H,4-5,8-12H2,(H,28,32)(H,29,31)(H,33,34)(H4,22,23,26)(H4,24,25,27)/t14-,15-,16-/m0/s1. The Balaban J connectivity index is 2.97. The number of carboxylic acids is 1. The quantitative estimate of drug-likeness (QED) is 0.0728. The summed E-state index contributed by atoms with van der Waals surface area (Å²) in [6, 6.07) is 5.47. The highest BCUT2D eigenvalue weighted by Crippen LogP contribution is 2.08. The Morgan fingerprint density at radius 3 is 1.94 bits per heavy atom. The van der Waals surface area contributed by atoms with E-state index < -0.39 is 35.9 Å². The summed E-state index contributed by atoms with van der Waals surface area (Å²) in [6.07, 6.45) is 0.998. The lowest BCUT2D eigenvalue weighted by Crippen LogP contribution is -2.54. The van der Waals surface area contributed by atoms with Gasteiger partial charge in [0.05, 0.1) is 0 Å². The van der Waals surface area contributed by atoms with Crippen molar-refractivity contribution in [2.45, 2.75) is 50.2 Å². The van der Waals surface area contributed by atoms with Crippen LogP contribution in [0.1, 0.15) is 31.2 Å². The number of amides is 2. The van der Waals surface area contributed by atoms with Crippen molar-refractivity contribution in [3.05, 3.63) is 35.9 Å². The summed E-state index contributed by atoms with van der Waals surface area (Å²) in [5.41, 5.74) is 21.8. The predicted molar refractivity (Wildman–Crippen MR) is 136 cm³/mol. The Morgan fingerprint density at radius 2 is 1.42 bits per heavy atom. The van der Waals surface area contributed by atoms with Crippen molar-refractivity contribution in [3.8, 4) is 0 Å². The van der Waals surface area contributed by atoms with Gasteiger partial charge in [-0.25, -0.2) is 4.79 Å². The van der Waals surface area contributed by atoms with E-state index in [1.807, 2.05) is 0 Å². The van der Waals surface area contributed by atoms with Gasteiger partial charge in [0.2, 0.25) is 11.8 Å². The summed E-state index contributed by atoms with van der Waals surface area (Å²) >= 11 is -0.108. The number of rotatable bonds is 16. The molecule has 3 atom stereocenters. The number of hydrogen-bond acceptors (Lipinski definition) is 7. The molecule has 2 amide bonds. The molecule has 0 saturated carbocycles. The van der Waals surface area contributed by atoms with Gasteiger partial charge in [-0.3, -0.25) is 19.6 Å². The van der Waals surface area contributed by atoms with Crippen molar-refractivity contribution >= 4 is 41.2 Å². The van der Waals surface area contributed by atoms with Crippen LogP contribution in [0.15, 0.2) is 44.7 Å². The maximum Gasteiger partial charge on any atom is 0.326 e. The second kappa shape index (κ2) is 16.6. The molecular weight excluding hydrogens is 490 g/mol. The van der Waals surface area contributed by atoms with Gasteiger partial charge < -0.3 is 38.7 Å². The van der Waals surface area contributed by atoms with Crippen LogP contribution in [0, 0.1) is 0 Å². The van der Waals surface area contributed by atoms with E-state index >= 15 is 0 Å². The molecule has 0 aliphatic rings. The molecule has 198 valence electrons. The highest BCUT2D eigenvalue weighted by molar-refractivity contribution is 7.54. The molecule has 0 unspecified atom stereocenters. The van der Waals surface area contributed by atoms with Gasteiger partial charge in [-0.1, -0.05) is 30.3 Å². The summed E-state index contributed by atoms with van der Waals surface area (Å²) in [6.45, 7) is 0.432. The molecule has 14 nitrogen and oxygen atoms in total. The van der Waals surface area contributed by atoms with Crippen LogP contribution in [0.2, 0.25) is 0 Å². The number of carboxylic acid groups (broad SMARTS) is 1. The normalized spacial score (nSPS) is 12.8. The zero-order valence-electron chi connectivity index (χ0n) is 19.7. The van der Waals surface area contributed by atoms with E-state index in [0.29, 0.717) is 12.8 Å². The predicted octanol–water partition coefficient (Wildman–Crippen LogP) is -1.84. The van der Waals surface area contributed by atoms with Crippen molar-refractivity contribution in [3.63, 3.8) is 0 Å². The number of benzene rings is 1. The van der Waals surface area contributed by atoms with E-state index in [-0.39, 0.29) is 55.7 Å². The van der Waals surface area contributed by atoms with Gasteiger partial charge in [0.25, 0.3) is 0 Å². The molecule has 0 bridgehead atoms. The van der Waals surface area contributed by atoms with Crippen LogP contribution in [0.25, 0.3) is 0 Å². The molecule has 1 rings (SSSR count). The lowest BCUT2D eigenvalue weighted by molar-refractivity contribution is -0.142. The topological polar surface area (TPSA) is 254 Å². The molecular formula is C21H33N9O5S. The van der Waals surface area contributed by atoms with Crippen molar-refractivity contribution in [1.29, 1.82) is 0 Å². The number of guanidine groups is 2. The summed E-state index contributed by atoms with van der Waals surface area (Å²) in [7, 11) is 0. The van der Waals surface area contributed by atoms with Crippen LogP contribution >= 0.6 is 0 Å². The molecule has 11 N–H and O–H groups in total. The molecule has 0 aliphatic carbocycles. The third-order valence-corrected chi connectivity index (χ3v) is 5.22. The number of carbonyl (C=O) groups is 3. The van der Waals surface area contributed by atoms with Crippen LogP contribution in [0.5, 0.6) is 0 Å². The maximum absolute atomic E-state index is 13.1. The minimum Gasteiger partial charge on any atom is -0.480 e. The van der Waals surface area contributed by atoms with Gasteiger partial charge in [-0.15, -0.1) is 0 Å². The summed E-state index contributed by atoms with van der Waals surface area (Å²) in [4.78, 5) is 45.2. The first-order valence-corrected chi connectivity index (χ1v) is 11.8. The highest BCUT2D eigenvalue weighted by atomic mass is 32.1. The number of nitrogens with two attached hydrogens (primary N) is 4. The average molecular weight is 524 g/mol. The van der Waals surface area contributed by atoms with Gasteiger partial charge in [-0.05, 0) is 31.2 Å². The molecule has 0 radical (unpaired) electrons. The highest BCUT2D eigenvalue weighted by Gasteiger charge is 2.29. The van der Waals surface area contributed by atoms with Gasteiger partial charge >= 0.3 is 5.97 Å². The van der Waals surface area contributed by atoms with Gasteiger partial charge in [0, 0.05) is 19.5 Å². The molecule has 36 heavy (non-hydrogen) atoms. The minimum absolute atomic E-state index is 0.0689. The SMILES string of the molecule is NC(N)=NCCC[C@H](N=S=O)C(=O)N[C@@H](Cc1ccccc1)C(=O)N[C@@H](CCCN=C(N)N)C(=O)O. The van der Waals surface area contributed by atoms with Gasteiger partial charge in [0.1, 0.15) is 18.1 Å². The monoisotopic (exact) mass is 523 g/mol. The Labute approximate surface area is 212 Å². The van der Waals surface area contributed by atoms with E-state index in [1.165, 1.54) is 0 Å². The van der Waals surface area contributed by atoms with E-state index in [0.717, 1.165) is 5.56 Å². The average Bonchev–Trinajstić information content (AvgIpc) is 2.82. The van der Waals surface area contributed by atoms with Crippen molar-refractivity contribution in [2.24, 2.45) is 37.3 Å². The number of hydrogen-bond donors (Lipinski definition) is 7. The first-order valence-electron chi connectivity index (χ1n) is 11.1. The van der Waals surface area contributed by atoms with Crippen LogP contribution < -0.4 is 33.6 Å². The number of nitrogens with one attached hydrogen (secondary N) is 2. The number of aliphatic imine (C=N–C) groups is 2. The first-order chi connectivity index (χ1) is 17.1. The fraction of sp³-hybridized carbons (Fsp3) is 0.476. The first kappa shape index (κ1) is 30.0. The van der Waals surface area contributed by atoms with Crippen LogP contribution in [0.4, 0.5) is 0 Å². The summed E-state index contributed by atoms with van der Waals surface area (Å²) in [5.74, 6) is -2.81. The number of aliphatic carboxylic acids is 1. The van der Waals surface area contributed by atoms with Crippen molar-refractivity contribution in [2.75, 3.05) is 13.1 Å². The molecule has 15 heteroatoms. The summed E-state index contributed by atoms with van der Waals surface area (Å²) < 4.78 is 14.7. The van der Waals surface area contributed by atoms with Crippen LogP contribution in [0.3, 0.4) is 0 Å². The number of carbonyl (C=O) groups excluding carboxylic acids is 2. The van der Waals surface area contributed by atoms with Crippen molar-refractivity contribution < 1.29 is 23.7 Å². The fourth-order valence-corrected chi connectivity index (χ4v) is 3.44. The van der Waals surface area contributed by atoms with Gasteiger partial charge in [0.15, 0.2) is 23.4 Å². The third-order valence-electron chi connectivity index (χ3n) is 4.88. The van der Waals surface area contributed by atoms with Crippen LogP contribution in [-0.2, 0) is 32.3 Å². The molecule has 0 spiro atoms. The lowest BCUT2D eigenvalue weighted by atomic mass is 10.0. The maximum atomic E-state index is 13.1. The molecule has 0 aromatic heterocycles. The Bertz CT molecular complexity index is 975. The smallest absolute Gasteiger partial charge is 0.326 e. The second-order valence-electron chi connectivity index (χ2n) is 7.74. The second-order valence-corrected chi connectivity index (χ2v) is 8.10. The molecule has 0 saturated heterocycles. The fourth-order valence-electron chi connectivity index (χ4n) is 3.14. The van der Waals surface area contributed by atoms with E-state index in [9.17, 15) is 23.7 Å². The molecule has 0 heterocycles. The largest absolute Gasteiger partial charge is 0.480 e. The summed E-state index contributed by atoms with van der Waals surface area (Å²) in [5, 5.41) is 14.6. The molecule has 0 aliphatic heterocycles. The lowest BCUT2D eigenvalue weighted by Gasteiger charge is -2.23. The Hall–Kier alpha value is -4.01. The number of nitrogens with zero attached hydrogens (tertiary/aromatic N) is 3. The van der Waals surface area contributed by atoms with Gasteiger partial charge in [-0.2, -0.15) is 8.57 Å². The zero-order valence-corrected chi connectivity index (χ0v) is 20.5. The zero-order chi connectivity index (χ0) is 26.9.